The molecule has 40 valence electrons. The molecule has 6 heavy (non-hydrogen) atoms. The normalized spacial score (nSPS) is 7.00. The monoisotopic (exact) mass is 128 g/mol. The van der Waals surface area contributed by atoms with E-state index in [9.17, 15) is 0 Å². The van der Waals surface area contributed by atoms with Gasteiger partial charge in [-0.1, -0.05) is 0 Å². The summed E-state index contributed by atoms with van der Waals surface area (Å²) in [6.07, 6.45) is 0.858. The van der Waals surface area contributed by atoms with E-state index in [4.69, 9.17) is 5.11 Å². The predicted octanol–water partition coefficient (Wildman–Crippen LogP) is -3.62. The summed E-state index contributed by atoms with van der Waals surface area (Å²) < 4.78 is 0. The van der Waals surface area contributed by atoms with Crippen molar-refractivity contribution in [1.29, 1.82) is 0 Å². The molecule has 0 aromatic rings. The summed E-state index contributed by atoms with van der Waals surface area (Å²) in [6, 6.07) is 0. The highest BCUT2D eigenvalue weighted by atomic mass is 35.5. The smallest absolute Gasteiger partial charge is 0.105 e. The van der Waals surface area contributed by atoms with Crippen molar-refractivity contribution in [2.75, 3.05) is 12.4 Å². The standard InChI is InChI=1S/C3H8OS.ClH/c4-2-1-3-5;/h4-5H,1-3H2;1H. The third-order valence-corrected chi connectivity index (χ3v) is 0.688. The minimum Gasteiger partial charge on any atom is -1.00 e. The molecule has 0 heterocycles. The summed E-state index contributed by atoms with van der Waals surface area (Å²) >= 11 is 3.19. The van der Waals surface area contributed by atoms with Gasteiger partial charge in [-0.2, -0.15) is 0 Å². The van der Waals surface area contributed by atoms with E-state index in [0.29, 0.717) is 6.61 Å². The minimum atomic E-state index is 0. The van der Waals surface area contributed by atoms with Crippen molar-refractivity contribution in [2.45, 2.75) is 6.42 Å². The molecular formula is C3H9ClOS. The second kappa shape index (κ2) is 9.14. The fraction of sp³-hybridized carbons (Fsp3) is 1.00. The molecule has 0 rings (SSSR count). The van der Waals surface area contributed by atoms with E-state index in [1.54, 1.807) is 0 Å². The Bertz CT molecular complexity index is 18.3. The Balaban J connectivity index is 0. The molecule has 3 heteroatoms. The average molecular weight is 129 g/mol. The predicted molar refractivity (Wildman–Crippen MR) is 26.7 cm³/mol. The van der Waals surface area contributed by atoms with Crippen LogP contribution in [0.4, 0.5) is 0 Å². The van der Waals surface area contributed by atoms with Crippen LogP contribution >= 0.6 is 0 Å². The van der Waals surface area contributed by atoms with Crippen molar-refractivity contribution >= 4 is 12.6 Å². The zero-order valence-corrected chi connectivity index (χ0v) is 5.20. The topological polar surface area (TPSA) is 20.2 Å². The largest absolute Gasteiger partial charge is 1.00 e. The minimum absolute atomic E-state index is 0. The molecule has 0 aliphatic heterocycles. The molecule has 0 saturated heterocycles. The van der Waals surface area contributed by atoms with Gasteiger partial charge in [-0.15, -0.1) is 0 Å². The van der Waals surface area contributed by atoms with Crippen LogP contribution in [0.25, 0.3) is 0 Å². The van der Waals surface area contributed by atoms with Crippen molar-refractivity contribution in [3.8, 4) is 0 Å². The molecule has 0 bridgehead atoms. The van der Waals surface area contributed by atoms with E-state index in [1.807, 2.05) is 0 Å². The van der Waals surface area contributed by atoms with Crippen LogP contribution in [-0.2, 0) is 12.6 Å². The quantitative estimate of drug-likeness (QED) is 0.381. The van der Waals surface area contributed by atoms with E-state index in [0.717, 1.165) is 12.2 Å². The maximum atomic E-state index is 8.04. The number of halogens is 1. The number of hydrogen-bond acceptors (Lipinski definition) is 1. The van der Waals surface area contributed by atoms with E-state index < -0.39 is 0 Å². The van der Waals surface area contributed by atoms with Crippen LogP contribution in [0, 0.1) is 0 Å². The summed E-state index contributed by atoms with van der Waals surface area (Å²) in [5, 5.41) is 8.04. The molecular weight excluding hydrogens is 120 g/mol. The highest BCUT2D eigenvalue weighted by molar-refractivity contribution is 7.58. The number of rotatable bonds is 2. The average Bonchev–Trinajstić information content (AvgIpc) is 1.41. The number of aliphatic hydroxyl groups excluding tert-OH is 1. The van der Waals surface area contributed by atoms with E-state index in [-0.39, 0.29) is 12.4 Å². The van der Waals surface area contributed by atoms with Gasteiger partial charge in [-0.3, -0.25) is 0 Å². The fourth-order valence-electron chi connectivity index (χ4n) is 0.0791. The third-order valence-electron chi connectivity index (χ3n) is 0.335. The van der Waals surface area contributed by atoms with Crippen LogP contribution in [0.1, 0.15) is 6.42 Å². The van der Waals surface area contributed by atoms with E-state index in [1.165, 1.54) is 0 Å². The first-order valence-corrected chi connectivity index (χ1v) is 2.38. The molecule has 0 unspecified atom stereocenters. The summed E-state index contributed by atoms with van der Waals surface area (Å²) in [7, 11) is 0. The Labute approximate surface area is 49.6 Å². The fourth-order valence-corrected chi connectivity index (χ4v) is 0.237. The molecule has 0 fully saturated rings. The Morgan fingerprint density at radius 2 is 2.00 bits per heavy atom. The van der Waals surface area contributed by atoms with Crippen molar-refractivity contribution in [2.24, 2.45) is 0 Å². The summed E-state index contributed by atoms with van der Waals surface area (Å²) in [6.45, 7) is 0.295. The zero-order valence-electron chi connectivity index (χ0n) is 3.45. The Hall–Kier alpha value is 0.600. The van der Waals surface area contributed by atoms with Gasteiger partial charge < -0.3 is 17.5 Å². The first-order valence-electron chi connectivity index (χ1n) is 1.67. The van der Waals surface area contributed by atoms with Crippen molar-refractivity contribution in [3.05, 3.63) is 0 Å². The van der Waals surface area contributed by atoms with Gasteiger partial charge in [0, 0.05) is 13.0 Å². The maximum Gasteiger partial charge on any atom is 0.105 e. The highest BCUT2D eigenvalue weighted by Crippen LogP contribution is 1.67. The Morgan fingerprint density at radius 3 is 2.00 bits per heavy atom. The van der Waals surface area contributed by atoms with Crippen molar-refractivity contribution in [3.63, 3.8) is 0 Å². The maximum absolute atomic E-state index is 8.04. The van der Waals surface area contributed by atoms with Crippen LogP contribution in [0.2, 0.25) is 0 Å². The summed E-state index contributed by atoms with van der Waals surface area (Å²) in [5.41, 5.74) is 0. The molecule has 0 atom stereocenters. The van der Waals surface area contributed by atoms with Crippen LogP contribution in [0.5, 0.6) is 0 Å². The summed E-state index contributed by atoms with van der Waals surface area (Å²) in [5.74, 6) is 0.899. The summed E-state index contributed by atoms with van der Waals surface area (Å²) in [4.78, 5) is 0. The lowest BCUT2D eigenvalue weighted by molar-refractivity contribution is -0.00000211. The van der Waals surface area contributed by atoms with Gasteiger partial charge >= 0.3 is 0 Å². The van der Waals surface area contributed by atoms with Crippen LogP contribution < -0.4 is 12.4 Å². The zero-order chi connectivity index (χ0) is 4.12. The molecule has 1 nitrogen and oxygen atoms in total. The lowest BCUT2D eigenvalue weighted by atomic mass is 10.5. The van der Waals surface area contributed by atoms with Gasteiger partial charge in [-0.25, -0.2) is 0 Å². The van der Waals surface area contributed by atoms with E-state index >= 15 is 0 Å². The molecule has 0 radical (unpaired) electrons. The Kier molecular flexibility index (Phi) is 14.9. The van der Waals surface area contributed by atoms with Gasteiger partial charge in [0.2, 0.25) is 0 Å². The van der Waals surface area contributed by atoms with Crippen molar-refractivity contribution < 1.29 is 17.5 Å². The lowest BCUT2D eigenvalue weighted by Crippen LogP contribution is -3.00. The van der Waals surface area contributed by atoms with Crippen LogP contribution in [0.3, 0.4) is 0 Å². The molecule has 0 aliphatic rings. The molecule has 0 aromatic carbocycles. The first kappa shape index (κ1) is 9.78. The number of aliphatic hydroxyl groups is 1. The molecule has 0 saturated carbocycles. The van der Waals surface area contributed by atoms with Crippen LogP contribution in [0.15, 0.2) is 0 Å². The second-order valence-electron chi connectivity index (χ2n) is 0.827. The highest BCUT2D eigenvalue weighted by Gasteiger charge is 1.75. The second-order valence-corrected chi connectivity index (χ2v) is 1.33. The third kappa shape index (κ3) is 8.82. The van der Waals surface area contributed by atoms with E-state index in [2.05, 4.69) is 12.6 Å². The van der Waals surface area contributed by atoms with Crippen molar-refractivity contribution in [1.82, 2.24) is 0 Å². The molecule has 1 N–H and O–H groups in total. The molecule has 0 aromatic heterocycles. The molecule has 0 amide bonds. The van der Waals surface area contributed by atoms with Gasteiger partial charge in [0.25, 0.3) is 0 Å². The number of hydrogen-bond donors (Lipinski definition) is 1. The molecule has 0 spiro atoms. The Morgan fingerprint density at radius 1 is 1.50 bits per heavy atom. The van der Waals surface area contributed by atoms with Gasteiger partial charge in [0.15, 0.2) is 0 Å². The van der Waals surface area contributed by atoms with Gasteiger partial charge in [0.1, 0.15) is 5.75 Å². The van der Waals surface area contributed by atoms with Crippen LogP contribution in [-0.4, -0.2) is 17.5 Å². The SMILES string of the molecule is OCCC[SH2+].[Cl-]. The van der Waals surface area contributed by atoms with Gasteiger partial charge in [0.05, 0.1) is 0 Å². The van der Waals surface area contributed by atoms with Gasteiger partial charge in [-0.05, 0) is 12.6 Å². The lowest BCUT2D eigenvalue weighted by Gasteiger charge is -1.74. The first-order chi connectivity index (χ1) is 2.41. The molecule has 0 aliphatic carbocycles.